The zero-order valence-corrected chi connectivity index (χ0v) is 23.4. The summed E-state index contributed by atoms with van der Waals surface area (Å²) in [4.78, 5) is 25.1. The molecule has 0 saturated carbocycles. The Kier molecular flexibility index (Phi) is 9.93. The largest absolute Gasteiger partial charge is 0.390 e. The Balaban J connectivity index is 0.000000303. The van der Waals surface area contributed by atoms with Gasteiger partial charge in [-0.25, -0.2) is 0 Å². The average Bonchev–Trinajstić information content (AvgIpc) is 3.12. The predicted molar refractivity (Wildman–Crippen MR) is 149 cm³/mol. The SMILES string of the molecule is CC1=C(/C=C(\C)c2cc(Br)ccc2NC=O)NCC2=C1CC(=O)NCC2.CN1CCCC(C)(O)CC1. The van der Waals surface area contributed by atoms with Crippen molar-refractivity contribution < 1.29 is 14.7 Å². The molecule has 3 aliphatic rings. The molecule has 0 bridgehead atoms. The van der Waals surface area contributed by atoms with Crippen LogP contribution in [0.1, 0.15) is 58.4 Å². The zero-order chi connectivity index (χ0) is 26.3. The number of hydrogen-bond donors (Lipinski definition) is 4. The summed E-state index contributed by atoms with van der Waals surface area (Å²) < 4.78 is 0.949. The monoisotopic (exact) mass is 558 g/mol. The highest BCUT2D eigenvalue weighted by Crippen LogP contribution is 2.32. The number of anilines is 1. The van der Waals surface area contributed by atoms with E-state index in [1.807, 2.05) is 32.0 Å². The van der Waals surface area contributed by atoms with Crippen molar-refractivity contribution in [1.29, 1.82) is 0 Å². The smallest absolute Gasteiger partial charge is 0.224 e. The maximum absolute atomic E-state index is 11.9. The van der Waals surface area contributed by atoms with Crippen molar-refractivity contribution in [3.05, 3.63) is 56.7 Å². The van der Waals surface area contributed by atoms with Crippen LogP contribution in [0.4, 0.5) is 5.69 Å². The van der Waals surface area contributed by atoms with Crippen LogP contribution in [-0.4, -0.2) is 61.2 Å². The molecule has 1 aromatic rings. The number of amides is 2. The van der Waals surface area contributed by atoms with E-state index in [1.54, 1.807) is 0 Å². The van der Waals surface area contributed by atoms with Crippen LogP contribution in [-0.2, 0) is 9.59 Å². The minimum absolute atomic E-state index is 0.0840. The van der Waals surface area contributed by atoms with Crippen LogP contribution in [0.25, 0.3) is 5.57 Å². The van der Waals surface area contributed by atoms with E-state index in [0.717, 1.165) is 83.5 Å². The molecule has 0 aromatic heterocycles. The number of likely N-dealkylation sites (tertiary alicyclic amines) is 1. The molecule has 196 valence electrons. The van der Waals surface area contributed by atoms with E-state index in [9.17, 15) is 14.7 Å². The first-order chi connectivity index (χ1) is 17.1. The minimum Gasteiger partial charge on any atom is -0.390 e. The molecule has 1 atom stereocenters. The molecule has 0 aliphatic carbocycles. The van der Waals surface area contributed by atoms with E-state index in [-0.39, 0.29) is 5.91 Å². The van der Waals surface area contributed by atoms with E-state index in [4.69, 9.17) is 0 Å². The average molecular weight is 560 g/mol. The molecule has 0 spiro atoms. The molecule has 1 aromatic carbocycles. The summed E-state index contributed by atoms with van der Waals surface area (Å²) in [6.45, 7) is 9.65. The first kappa shape index (κ1) is 28.2. The summed E-state index contributed by atoms with van der Waals surface area (Å²) in [5.74, 6) is 0.0840. The Bertz CT molecular complexity index is 1070. The van der Waals surface area contributed by atoms with Crippen molar-refractivity contribution in [3.63, 3.8) is 0 Å². The second kappa shape index (κ2) is 12.7. The molecule has 1 fully saturated rings. The van der Waals surface area contributed by atoms with E-state index >= 15 is 0 Å². The highest BCUT2D eigenvalue weighted by atomic mass is 79.9. The van der Waals surface area contributed by atoms with Gasteiger partial charge in [0.05, 0.1) is 12.0 Å². The van der Waals surface area contributed by atoms with Gasteiger partial charge < -0.3 is 26.0 Å². The van der Waals surface area contributed by atoms with Crippen LogP contribution < -0.4 is 16.0 Å². The van der Waals surface area contributed by atoms with Gasteiger partial charge in [0, 0.05) is 41.1 Å². The minimum atomic E-state index is -0.398. The van der Waals surface area contributed by atoms with Gasteiger partial charge in [-0.2, -0.15) is 0 Å². The van der Waals surface area contributed by atoms with Crippen LogP contribution >= 0.6 is 15.9 Å². The Morgan fingerprint density at radius 2 is 2.03 bits per heavy atom. The molecule has 0 radical (unpaired) electrons. The third-order valence-electron chi connectivity index (χ3n) is 7.13. The van der Waals surface area contributed by atoms with Crippen LogP contribution in [0.5, 0.6) is 0 Å². The van der Waals surface area contributed by atoms with E-state index < -0.39 is 5.60 Å². The van der Waals surface area contributed by atoms with Gasteiger partial charge in [-0.3, -0.25) is 9.59 Å². The second-order valence-corrected chi connectivity index (χ2v) is 11.1. The van der Waals surface area contributed by atoms with Gasteiger partial charge in [-0.15, -0.1) is 0 Å². The number of hydrogen-bond acceptors (Lipinski definition) is 5. The standard InChI is InChI=1S/C20H22BrN3O2.C8H17NO/c1-12(16-8-15(21)3-4-18(16)24-11-25)7-19-13(2)17-9-20(26)22-6-5-14(17)10-23-19;1-8(10)4-3-6-9(2)7-5-8/h3-4,7-8,11,23H,5-6,9-10H2,1-2H3,(H,22,26)(H,24,25);10H,3-7H2,1-2H3/b12-7+;. The fraction of sp³-hybridized carbons (Fsp3) is 0.500. The molecule has 4 rings (SSSR count). The first-order valence-electron chi connectivity index (χ1n) is 12.6. The Labute approximate surface area is 223 Å². The van der Waals surface area contributed by atoms with E-state index in [0.29, 0.717) is 19.4 Å². The number of dihydropyridines is 1. The Morgan fingerprint density at radius 1 is 1.25 bits per heavy atom. The molecule has 4 N–H and O–H groups in total. The lowest BCUT2D eigenvalue weighted by Crippen LogP contribution is -2.26. The molecule has 3 heterocycles. The lowest BCUT2D eigenvalue weighted by molar-refractivity contribution is -0.120. The topological polar surface area (TPSA) is 93.7 Å². The maximum atomic E-state index is 11.9. The summed E-state index contributed by atoms with van der Waals surface area (Å²) in [7, 11) is 2.11. The molecular formula is C28H39BrN4O3. The van der Waals surface area contributed by atoms with Gasteiger partial charge in [-0.05, 0) is 107 Å². The molecule has 3 aliphatic heterocycles. The fourth-order valence-electron chi connectivity index (χ4n) is 4.83. The van der Waals surface area contributed by atoms with Gasteiger partial charge in [0.15, 0.2) is 0 Å². The Morgan fingerprint density at radius 3 is 2.78 bits per heavy atom. The van der Waals surface area contributed by atoms with Crippen molar-refractivity contribution in [2.45, 2.75) is 58.5 Å². The van der Waals surface area contributed by atoms with E-state index in [2.05, 4.69) is 56.8 Å². The van der Waals surface area contributed by atoms with Crippen molar-refractivity contribution in [1.82, 2.24) is 15.5 Å². The number of carbonyl (C=O) groups is 2. The number of rotatable bonds is 4. The van der Waals surface area contributed by atoms with Crippen molar-refractivity contribution in [3.8, 4) is 0 Å². The third-order valence-corrected chi connectivity index (χ3v) is 7.62. The zero-order valence-electron chi connectivity index (χ0n) is 21.8. The lowest BCUT2D eigenvalue weighted by Gasteiger charge is -2.24. The number of nitrogens with one attached hydrogen (secondary N) is 3. The fourth-order valence-corrected chi connectivity index (χ4v) is 5.19. The molecule has 8 heteroatoms. The second-order valence-electron chi connectivity index (χ2n) is 10.2. The molecule has 1 unspecified atom stereocenters. The van der Waals surface area contributed by atoms with E-state index in [1.165, 1.54) is 5.57 Å². The molecule has 36 heavy (non-hydrogen) atoms. The van der Waals surface area contributed by atoms with Gasteiger partial charge >= 0.3 is 0 Å². The normalized spacial score (nSPS) is 23.4. The van der Waals surface area contributed by atoms with Gasteiger partial charge in [0.1, 0.15) is 0 Å². The van der Waals surface area contributed by atoms with Gasteiger partial charge in [-0.1, -0.05) is 15.9 Å². The van der Waals surface area contributed by atoms with Gasteiger partial charge in [0.25, 0.3) is 0 Å². The summed E-state index contributed by atoms with van der Waals surface area (Å²) in [5, 5.41) is 18.8. The van der Waals surface area contributed by atoms with Crippen molar-refractivity contribution in [2.75, 3.05) is 38.5 Å². The lowest BCUT2D eigenvalue weighted by atomic mass is 9.91. The number of benzene rings is 1. The highest BCUT2D eigenvalue weighted by molar-refractivity contribution is 9.10. The number of aliphatic hydroxyl groups is 1. The van der Waals surface area contributed by atoms with Gasteiger partial charge in [0.2, 0.25) is 12.3 Å². The molecule has 1 saturated heterocycles. The highest BCUT2D eigenvalue weighted by Gasteiger charge is 2.23. The van der Waals surface area contributed by atoms with Crippen LogP contribution in [0, 0.1) is 0 Å². The van der Waals surface area contributed by atoms with Crippen molar-refractivity contribution in [2.24, 2.45) is 0 Å². The summed E-state index contributed by atoms with van der Waals surface area (Å²) in [6.07, 6.45) is 7.10. The molecule has 2 amide bonds. The molecule has 7 nitrogen and oxygen atoms in total. The quantitative estimate of drug-likeness (QED) is 0.412. The third kappa shape index (κ3) is 7.79. The molecular weight excluding hydrogens is 520 g/mol. The number of allylic oxidation sites excluding steroid dienone is 3. The maximum Gasteiger partial charge on any atom is 0.224 e. The number of nitrogens with zero attached hydrogens (tertiary/aromatic N) is 1. The number of halogens is 1. The predicted octanol–water partition coefficient (Wildman–Crippen LogP) is 4.36. The van der Waals surface area contributed by atoms with Crippen LogP contribution in [0.2, 0.25) is 0 Å². The Hall–Kier alpha value is -2.42. The first-order valence-corrected chi connectivity index (χ1v) is 13.4. The summed E-state index contributed by atoms with van der Waals surface area (Å²) in [6, 6.07) is 5.75. The van der Waals surface area contributed by atoms with Crippen LogP contribution in [0.15, 0.2) is 51.2 Å². The summed E-state index contributed by atoms with van der Waals surface area (Å²) in [5.41, 5.74) is 6.94. The number of carbonyl (C=O) groups excluding carboxylic acids is 2. The van der Waals surface area contributed by atoms with Crippen LogP contribution in [0.3, 0.4) is 0 Å². The summed E-state index contributed by atoms with van der Waals surface area (Å²) >= 11 is 3.49. The van der Waals surface area contributed by atoms with Crippen molar-refractivity contribution >= 4 is 39.5 Å².